The average Bonchev–Trinajstić information content (AvgIpc) is 2.41. The van der Waals surface area contributed by atoms with Gasteiger partial charge in [0.25, 0.3) is 0 Å². The predicted octanol–water partition coefficient (Wildman–Crippen LogP) is 3.35. The summed E-state index contributed by atoms with van der Waals surface area (Å²) in [5.74, 6) is -0.115. The van der Waals surface area contributed by atoms with Gasteiger partial charge in [-0.05, 0) is 34.7 Å². The molecular weight excluding hydrogens is 290 g/mol. The molecule has 1 N–H and O–H groups in total. The summed E-state index contributed by atoms with van der Waals surface area (Å²) in [4.78, 5) is 0. The number of fused-ring (bicyclic) bond motifs is 1. The normalized spacial score (nSPS) is 10.8. The Kier molecular flexibility index (Phi) is 1.96. The van der Waals surface area contributed by atoms with Crippen molar-refractivity contribution in [1.82, 2.24) is 0 Å². The molecule has 0 bridgehead atoms. The van der Waals surface area contributed by atoms with E-state index < -0.39 is 0 Å². The quantitative estimate of drug-likeness (QED) is 0.739. The van der Waals surface area contributed by atoms with Crippen LogP contribution in [0.4, 0.5) is 4.39 Å². The summed E-state index contributed by atoms with van der Waals surface area (Å²) in [6.07, 6.45) is 0. The van der Waals surface area contributed by atoms with Gasteiger partial charge in [-0.2, -0.15) is 0 Å². The monoisotopic (exact) mass is 294 g/mol. The second kappa shape index (κ2) is 2.85. The molecule has 62 valence electrons. The SMILES string of the molecule is Oc1csc2ccc(F)c(I)c12. The third kappa shape index (κ3) is 1.09. The molecule has 0 saturated heterocycles. The fourth-order valence-electron chi connectivity index (χ4n) is 1.05. The van der Waals surface area contributed by atoms with Crippen LogP contribution in [0.3, 0.4) is 0 Å². The lowest BCUT2D eigenvalue weighted by atomic mass is 10.2. The van der Waals surface area contributed by atoms with Gasteiger partial charge in [-0.3, -0.25) is 0 Å². The number of aromatic hydroxyl groups is 1. The first-order chi connectivity index (χ1) is 5.70. The van der Waals surface area contributed by atoms with Gasteiger partial charge in [-0.1, -0.05) is 0 Å². The Hall–Kier alpha value is -0.360. The van der Waals surface area contributed by atoms with Crippen LogP contribution in [0.5, 0.6) is 5.75 Å². The van der Waals surface area contributed by atoms with Crippen LogP contribution in [-0.2, 0) is 0 Å². The first-order valence-corrected chi connectivity index (χ1v) is 5.20. The van der Waals surface area contributed by atoms with E-state index in [9.17, 15) is 9.50 Å². The summed E-state index contributed by atoms with van der Waals surface area (Å²) < 4.78 is 14.4. The lowest BCUT2D eigenvalue weighted by molar-refractivity contribution is 0.483. The number of rotatable bonds is 0. The zero-order valence-electron chi connectivity index (χ0n) is 5.84. The van der Waals surface area contributed by atoms with E-state index >= 15 is 0 Å². The summed E-state index contributed by atoms with van der Waals surface area (Å²) in [5.41, 5.74) is 0. The third-order valence-electron chi connectivity index (χ3n) is 1.61. The zero-order chi connectivity index (χ0) is 8.72. The Balaban J connectivity index is 2.96. The molecule has 1 aromatic carbocycles. The summed E-state index contributed by atoms with van der Waals surface area (Å²) in [5, 5.41) is 11.6. The number of benzene rings is 1. The van der Waals surface area contributed by atoms with Crippen molar-refractivity contribution >= 4 is 44.0 Å². The van der Waals surface area contributed by atoms with Crippen LogP contribution in [0.1, 0.15) is 0 Å². The van der Waals surface area contributed by atoms with Crippen molar-refractivity contribution in [2.45, 2.75) is 0 Å². The molecule has 0 aliphatic rings. The summed E-state index contributed by atoms with van der Waals surface area (Å²) >= 11 is 3.31. The molecule has 0 radical (unpaired) electrons. The molecule has 0 fully saturated rings. The summed E-state index contributed by atoms with van der Waals surface area (Å²) in [7, 11) is 0. The number of hydrogen-bond donors (Lipinski definition) is 1. The molecule has 0 aliphatic carbocycles. The largest absolute Gasteiger partial charge is 0.506 e. The van der Waals surface area contributed by atoms with E-state index in [1.807, 2.05) is 22.6 Å². The van der Waals surface area contributed by atoms with Gasteiger partial charge in [0, 0.05) is 10.1 Å². The van der Waals surface area contributed by atoms with Crippen LogP contribution >= 0.6 is 33.9 Å². The smallest absolute Gasteiger partial charge is 0.137 e. The van der Waals surface area contributed by atoms with Crippen molar-refractivity contribution in [3.05, 3.63) is 26.9 Å². The molecule has 4 heteroatoms. The Morgan fingerprint density at radius 3 is 2.92 bits per heavy atom. The third-order valence-corrected chi connectivity index (χ3v) is 3.60. The van der Waals surface area contributed by atoms with Crippen LogP contribution in [0.25, 0.3) is 10.1 Å². The van der Waals surface area contributed by atoms with Crippen LogP contribution in [-0.4, -0.2) is 5.11 Å². The van der Waals surface area contributed by atoms with Crippen molar-refractivity contribution in [2.24, 2.45) is 0 Å². The summed E-state index contributed by atoms with van der Waals surface area (Å²) in [6.45, 7) is 0. The van der Waals surface area contributed by atoms with E-state index in [1.165, 1.54) is 17.4 Å². The highest BCUT2D eigenvalue weighted by Crippen LogP contribution is 2.35. The molecule has 0 amide bonds. The first kappa shape index (κ1) is 8.25. The van der Waals surface area contributed by atoms with Gasteiger partial charge in [-0.25, -0.2) is 4.39 Å². The number of hydrogen-bond acceptors (Lipinski definition) is 2. The minimum atomic E-state index is -0.281. The zero-order valence-corrected chi connectivity index (χ0v) is 8.82. The highest BCUT2D eigenvalue weighted by molar-refractivity contribution is 14.1. The van der Waals surface area contributed by atoms with Gasteiger partial charge in [0.1, 0.15) is 11.6 Å². The molecule has 0 spiro atoms. The van der Waals surface area contributed by atoms with Crippen LogP contribution < -0.4 is 0 Å². The second-order valence-electron chi connectivity index (χ2n) is 2.36. The van der Waals surface area contributed by atoms with E-state index in [0.29, 0.717) is 8.96 Å². The van der Waals surface area contributed by atoms with Crippen molar-refractivity contribution in [1.29, 1.82) is 0 Å². The fraction of sp³-hybridized carbons (Fsp3) is 0. The van der Waals surface area contributed by atoms with Crippen molar-refractivity contribution in [3.8, 4) is 5.75 Å². The molecule has 12 heavy (non-hydrogen) atoms. The number of thiophene rings is 1. The van der Waals surface area contributed by atoms with Crippen LogP contribution in [0, 0.1) is 9.39 Å². The van der Waals surface area contributed by atoms with E-state index in [2.05, 4.69) is 0 Å². The standard InChI is InChI=1S/C8H4FIOS/c9-4-1-2-6-7(8(4)10)5(11)3-12-6/h1-3,11H. The number of halogens is 2. The Morgan fingerprint density at radius 2 is 2.17 bits per heavy atom. The van der Waals surface area contributed by atoms with Gasteiger partial charge in [-0.15, -0.1) is 11.3 Å². The maximum Gasteiger partial charge on any atom is 0.137 e. The molecule has 0 atom stereocenters. The van der Waals surface area contributed by atoms with Gasteiger partial charge in [0.2, 0.25) is 0 Å². The maximum atomic E-state index is 13.0. The fourth-order valence-corrected chi connectivity index (χ4v) is 2.81. The molecule has 2 rings (SSSR count). The molecule has 1 nitrogen and oxygen atoms in total. The van der Waals surface area contributed by atoms with Crippen LogP contribution in [0.2, 0.25) is 0 Å². The Morgan fingerprint density at radius 1 is 1.42 bits per heavy atom. The highest BCUT2D eigenvalue weighted by Gasteiger charge is 2.09. The van der Waals surface area contributed by atoms with E-state index in [-0.39, 0.29) is 11.6 Å². The minimum absolute atomic E-state index is 0.166. The molecule has 2 aromatic rings. The van der Waals surface area contributed by atoms with Crippen molar-refractivity contribution in [3.63, 3.8) is 0 Å². The molecule has 1 heterocycles. The lowest BCUT2D eigenvalue weighted by Gasteiger charge is -1.96. The lowest BCUT2D eigenvalue weighted by Crippen LogP contribution is -1.80. The molecule has 0 unspecified atom stereocenters. The van der Waals surface area contributed by atoms with Gasteiger partial charge in [0.15, 0.2) is 0 Å². The Labute approximate surface area is 86.0 Å². The molecule has 0 saturated carbocycles. The summed E-state index contributed by atoms with van der Waals surface area (Å²) in [6, 6.07) is 3.09. The van der Waals surface area contributed by atoms with Crippen molar-refractivity contribution < 1.29 is 9.50 Å². The van der Waals surface area contributed by atoms with Gasteiger partial charge >= 0.3 is 0 Å². The molecule has 1 aromatic heterocycles. The second-order valence-corrected chi connectivity index (χ2v) is 4.35. The average molecular weight is 294 g/mol. The van der Waals surface area contributed by atoms with Gasteiger partial charge in [0.05, 0.1) is 8.96 Å². The van der Waals surface area contributed by atoms with Crippen LogP contribution in [0.15, 0.2) is 17.5 Å². The highest BCUT2D eigenvalue weighted by atomic mass is 127. The minimum Gasteiger partial charge on any atom is -0.506 e. The van der Waals surface area contributed by atoms with Crippen molar-refractivity contribution in [2.75, 3.05) is 0 Å². The molecular formula is C8H4FIOS. The Bertz CT molecular complexity index is 438. The topological polar surface area (TPSA) is 20.2 Å². The van der Waals surface area contributed by atoms with E-state index in [4.69, 9.17) is 0 Å². The predicted molar refractivity (Wildman–Crippen MR) is 56.2 cm³/mol. The van der Waals surface area contributed by atoms with Gasteiger partial charge < -0.3 is 5.11 Å². The van der Waals surface area contributed by atoms with E-state index in [0.717, 1.165) is 4.70 Å². The first-order valence-electron chi connectivity index (χ1n) is 3.24. The molecule has 0 aliphatic heterocycles. The maximum absolute atomic E-state index is 13.0. The van der Waals surface area contributed by atoms with E-state index in [1.54, 1.807) is 11.4 Å².